The van der Waals surface area contributed by atoms with E-state index in [4.69, 9.17) is 24.7 Å². The van der Waals surface area contributed by atoms with Crippen LogP contribution in [-0.4, -0.2) is 33.0 Å². The molecule has 182 valence electrons. The van der Waals surface area contributed by atoms with Crippen LogP contribution in [0.3, 0.4) is 0 Å². The number of rotatable bonds is 6. The predicted octanol–water partition coefficient (Wildman–Crippen LogP) is 1.90. The molecule has 1 aromatic heterocycles. The van der Waals surface area contributed by atoms with Crippen molar-refractivity contribution in [3.63, 3.8) is 0 Å². The Morgan fingerprint density at radius 3 is 2.11 bits per heavy atom. The first-order chi connectivity index (χ1) is 17.4. The standard InChI is InChI=1S/C26H22N4O5S/c1-32-15-6-5-14(20(10-15)34-3)9-22-25(31)30-24(29)18(12-27)23(19(13-28)26(30)36-22)17-8-7-16(33-2)11-21(17)35-4/h5-11,23H,29H2,1-4H3/b22-9-/t23-/m0/s1. The van der Waals surface area contributed by atoms with Crippen LogP contribution >= 0.6 is 11.3 Å². The minimum Gasteiger partial charge on any atom is -0.497 e. The van der Waals surface area contributed by atoms with E-state index in [1.165, 1.54) is 25.9 Å². The summed E-state index contributed by atoms with van der Waals surface area (Å²) < 4.78 is 23.4. The van der Waals surface area contributed by atoms with Crippen molar-refractivity contribution in [1.29, 1.82) is 10.5 Å². The Balaban J connectivity index is 2.03. The van der Waals surface area contributed by atoms with E-state index in [2.05, 4.69) is 12.1 Å². The molecule has 0 unspecified atom stereocenters. The van der Waals surface area contributed by atoms with Crippen molar-refractivity contribution in [3.05, 3.63) is 72.6 Å². The van der Waals surface area contributed by atoms with Crippen LogP contribution in [0.15, 0.2) is 46.8 Å². The van der Waals surface area contributed by atoms with Crippen LogP contribution in [0.2, 0.25) is 0 Å². The van der Waals surface area contributed by atoms with Crippen molar-refractivity contribution in [3.8, 4) is 35.1 Å². The minimum atomic E-state index is -0.817. The Bertz CT molecular complexity index is 1650. The molecular formula is C26H22N4O5S. The molecule has 1 aliphatic rings. The Morgan fingerprint density at radius 1 is 0.917 bits per heavy atom. The Kier molecular flexibility index (Phi) is 6.73. The lowest BCUT2D eigenvalue weighted by atomic mass is 9.84. The van der Waals surface area contributed by atoms with Gasteiger partial charge in [0.2, 0.25) is 0 Å². The number of nitriles is 2. The zero-order valence-electron chi connectivity index (χ0n) is 20.0. The number of benzene rings is 2. The van der Waals surface area contributed by atoms with Gasteiger partial charge in [-0.1, -0.05) is 6.07 Å². The van der Waals surface area contributed by atoms with Crippen molar-refractivity contribution in [2.24, 2.45) is 5.73 Å². The maximum Gasteiger partial charge on any atom is 0.274 e. The van der Waals surface area contributed by atoms with E-state index < -0.39 is 11.5 Å². The molecule has 2 heterocycles. The molecule has 0 saturated carbocycles. The maximum absolute atomic E-state index is 13.4. The van der Waals surface area contributed by atoms with Crippen molar-refractivity contribution >= 4 is 28.8 Å². The Morgan fingerprint density at radius 2 is 1.53 bits per heavy atom. The van der Waals surface area contributed by atoms with Crippen molar-refractivity contribution in [1.82, 2.24) is 4.57 Å². The van der Waals surface area contributed by atoms with Gasteiger partial charge >= 0.3 is 0 Å². The fourth-order valence-electron chi connectivity index (χ4n) is 4.10. The molecule has 0 aliphatic carbocycles. The number of hydrogen-bond donors (Lipinski definition) is 1. The summed E-state index contributed by atoms with van der Waals surface area (Å²) in [6.45, 7) is 0. The summed E-state index contributed by atoms with van der Waals surface area (Å²) in [5, 5.41) is 20.2. The second kappa shape index (κ2) is 9.90. The zero-order chi connectivity index (χ0) is 26.0. The second-order valence-corrected chi connectivity index (χ2v) is 8.67. The molecule has 0 amide bonds. The highest BCUT2D eigenvalue weighted by molar-refractivity contribution is 7.07. The summed E-state index contributed by atoms with van der Waals surface area (Å²) in [6.07, 6.45) is 1.66. The highest BCUT2D eigenvalue weighted by Crippen LogP contribution is 2.41. The predicted molar refractivity (Wildman–Crippen MR) is 135 cm³/mol. The number of ether oxygens (including phenoxy) is 4. The van der Waals surface area contributed by atoms with Gasteiger partial charge in [-0.25, -0.2) is 0 Å². The lowest BCUT2D eigenvalue weighted by Gasteiger charge is -2.24. The quantitative estimate of drug-likeness (QED) is 0.540. The smallest absolute Gasteiger partial charge is 0.274 e. The molecule has 0 saturated heterocycles. The van der Waals surface area contributed by atoms with Gasteiger partial charge < -0.3 is 24.7 Å². The first-order valence-corrected chi connectivity index (χ1v) is 11.5. The maximum atomic E-state index is 13.4. The molecule has 0 radical (unpaired) electrons. The summed E-state index contributed by atoms with van der Waals surface area (Å²) in [6, 6.07) is 14.6. The monoisotopic (exact) mass is 502 g/mol. The Hall–Kier alpha value is -4.67. The van der Waals surface area contributed by atoms with E-state index in [-0.39, 0.29) is 17.0 Å². The fraction of sp³-hybridized carbons (Fsp3) is 0.192. The second-order valence-electron chi connectivity index (χ2n) is 7.64. The van der Waals surface area contributed by atoms with E-state index in [1.54, 1.807) is 49.6 Å². The van der Waals surface area contributed by atoms with Gasteiger partial charge in [-0.3, -0.25) is 9.36 Å². The van der Waals surface area contributed by atoms with Gasteiger partial charge in [0.25, 0.3) is 5.56 Å². The molecule has 9 nitrogen and oxygen atoms in total. The molecule has 4 rings (SSSR count). The van der Waals surface area contributed by atoms with Crippen LogP contribution in [0.5, 0.6) is 23.0 Å². The van der Waals surface area contributed by atoms with E-state index in [0.29, 0.717) is 43.3 Å². The number of thiazole rings is 1. The van der Waals surface area contributed by atoms with E-state index in [1.807, 2.05) is 0 Å². The van der Waals surface area contributed by atoms with Gasteiger partial charge in [-0.2, -0.15) is 10.5 Å². The fourth-order valence-corrected chi connectivity index (χ4v) is 5.22. The number of nitrogens with zero attached hydrogens (tertiary/aromatic N) is 3. The molecule has 1 atom stereocenters. The van der Waals surface area contributed by atoms with E-state index >= 15 is 0 Å². The first kappa shape index (κ1) is 24.5. The number of aromatic nitrogens is 1. The van der Waals surface area contributed by atoms with Gasteiger partial charge in [0.05, 0.1) is 62.2 Å². The molecule has 1 aliphatic heterocycles. The number of nitrogens with two attached hydrogens (primary N) is 1. The van der Waals surface area contributed by atoms with Gasteiger partial charge in [0.15, 0.2) is 0 Å². The number of methoxy groups -OCH3 is 4. The molecule has 36 heavy (non-hydrogen) atoms. The van der Waals surface area contributed by atoms with Crippen molar-refractivity contribution in [2.75, 3.05) is 28.4 Å². The van der Waals surface area contributed by atoms with Crippen LogP contribution in [0.4, 0.5) is 0 Å². The summed E-state index contributed by atoms with van der Waals surface area (Å²) in [4.78, 5) is 13.4. The molecule has 3 aromatic rings. The lowest BCUT2D eigenvalue weighted by Crippen LogP contribution is -2.38. The van der Waals surface area contributed by atoms with Crippen LogP contribution < -0.4 is 39.4 Å². The van der Waals surface area contributed by atoms with E-state index in [0.717, 1.165) is 11.3 Å². The van der Waals surface area contributed by atoms with Crippen LogP contribution in [0, 0.1) is 22.7 Å². The average Bonchev–Trinajstić information content (AvgIpc) is 3.23. The summed E-state index contributed by atoms with van der Waals surface area (Å²) in [7, 11) is 6.09. The SMILES string of the molecule is COc1ccc(/C=c2\sc3n(c2=O)C(N)=C(C#N)[C@H](c2ccc(OC)cc2OC)C=3C#N)c(OC)c1. The summed E-state index contributed by atoms with van der Waals surface area (Å²) in [5.41, 5.74) is 7.44. The third kappa shape index (κ3) is 3.94. The topological polar surface area (TPSA) is 133 Å². The molecule has 2 aromatic carbocycles. The summed E-state index contributed by atoms with van der Waals surface area (Å²) in [5.74, 6) is 1.25. The van der Waals surface area contributed by atoms with Gasteiger partial charge in [-0.05, 0) is 24.3 Å². The molecular weight excluding hydrogens is 480 g/mol. The van der Waals surface area contributed by atoms with Gasteiger partial charge in [0, 0.05) is 23.3 Å². The highest BCUT2D eigenvalue weighted by atomic mass is 32.1. The van der Waals surface area contributed by atoms with Gasteiger partial charge in [0.1, 0.15) is 33.5 Å². The van der Waals surface area contributed by atoms with Crippen LogP contribution in [0.25, 0.3) is 17.5 Å². The van der Waals surface area contributed by atoms with Crippen molar-refractivity contribution < 1.29 is 18.9 Å². The Labute approximate surface area is 210 Å². The van der Waals surface area contributed by atoms with Crippen LogP contribution in [0.1, 0.15) is 17.0 Å². The number of hydrogen-bond acceptors (Lipinski definition) is 9. The highest BCUT2D eigenvalue weighted by Gasteiger charge is 2.34. The van der Waals surface area contributed by atoms with Crippen LogP contribution in [-0.2, 0) is 0 Å². The number of fused-ring (bicyclic) bond motifs is 1. The zero-order valence-corrected chi connectivity index (χ0v) is 20.8. The molecule has 0 fully saturated rings. The largest absolute Gasteiger partial charge is 0.497 e. The number of allylic oxidation sites excluding steroid dienone is 1. The third-order valence-corrected chi connectivity index (χ3v) is 6.98. The van der Waals surface area contributed by atoms with Crippen molar-refractivity contribution in [2.45, 2.75) is 5.92 Å². The first-order valence-electron chi connectivity index (χ1n) is 10.6. The minimum absolute atomic E-state index is 0.0306. The lowest BCUT2D eigenvalue weighted by molar-refractivity contribution is 0.391. The molecule has 10 heteroatoms. The third-order valence-electron chi connectivity index (χ3n) is 5.87. The van der Waals surface area contributed by atoms with Gasteiger partial charge in [-0.15, -0.1) is 11.3 Å². The average molecular weight is 503 g/mol. The normalized spacial score (nSPS) is 15.1. The molecule has 2 N–H and O–H groups in total. The molecule has 0 spiro atoms. The van der Waals surface area contributed by atoms with E-state index in [9.17, 15) is 15.3 Å². The summed E-state index contributed by atoms with van der Waals surface area (Å²) >= 11 is 1.11. The molecule has 0 bridgehead atoms.